The fourth-order valence-electron chi connectivity index (χ4n) is 4.85. The molecule has 0 aromatic heterocycles. The smallest absolute Gasteiger partial charge is 0.336 e. The molecule has 0 spiro atoms. The molecule has 0 atom stereocenters. The Bertz CT molecular complexity index is 973. The Hall–Kier alpha value is -3.02. The molecule has 38 heavy (non-hydrogen) atoms. The van der Waals surface area contributed by atoms with Crippen LogP contribution < -0.4 is 0 Å². The molecule has 1 aliphatic heterocycles. The molecular formula is C27H41N3O8. The van der Waals surface area contributed by atoms with Gasteiger partial charge in [-0.15, -0.1) is 0 Å². The third-order valence-electron chi connectivity index (χ3n) is 7.04. The molecule has 1 aromatic rings. The molecule has 0 radical (unpaired) electrons. The van der Waals surface area contributed by atoms with E-state index >= 15 is 0 Å². The first kappa shape index (κ1) is 31.2. The molecule has 1 saturated heterocycles. The summed E-state index contributed by atoms with van der Waals surface area (Å²) in [5.74, 6) is -4.72. The second kappa shape index (κ2) is 14.2. The predicted molar refractivity (Wildman–Crippen MR) is 140 cm³/mol. The van der Waals surface area contributed by atoms with Gasteiger partial charge < -0.3 is 35.1 Å². The summed E-state index contributed by atoms with van der Waals surface area (Å²) in [6.07, 6.45) is 4.10. The topological polar surface area (TPSA) is 159 Å². The van der Waals surface area contributed by atoms with E-state index < -0.39 is 36.4 Å². The maximum absolute atomic E-state index is 13.1. The molecule has 0 saturated carbocycles. The number of hydrogen-bond acceptors (Lipinski definition) is 7. The van der Waals surface area contributed by atoms with Crippen molar-refractivity contribution in [2.45, 2.75) is 63.0 Å². The van der Waals surface area contributed by atoms with Gasteiger partial charge in [-0.05, 0) is 83.0 Å². The van der Waals surface area contributed by atoms with Crippen molar-refractivity contribution in [1.82, 2.24) is 14.7 Å². The second-order valence-corrected chi connectivity index (χ2v) is 10.5. The summed E-state index contributed by atoms with van der Waals surface area (Å²) in [6.45, 7) is 3.96. The number of likely N-dealkylation sites (tertiary alicyclic amines) is 1. The molecule has 4 N–H and O–H groups in total. The predicted octanol–water partition coefficient (Wildman–Crippen LogP) is 0.954. The number of nitrogens with zero attached hydrogens (tertiary/aromatic N) is 3. The lowest BCUT2D eigenvalue weighted by molar-refractivity contribution is -0.170. The Kier molecular flexibility index (Phi) is 11.7. The van der Waals surface area contributed by atoms with Crippen molar-refractivity contribution < 1.29 is 39.6 Å². The lowest BCUT2D eigenvalue weighted by Crippen LogP contribution is -2.49. The molecule has 1 heterocycles. The molecule has 2 aliphatic rings. The van der Waals surface area contributed by atoms with Crippen LogP contribution in [0.3, 0.4) is 0 Å². The van der Waals surface area contributed by atoms with Gasteiger partial charge in [0.2, 0.25) is 5.91 Å². The van der Waals surface area contributed by atoms with Crippen molar-refractivity contribution in [2.24, 2.45) is 0 Å². The highest BCUT2D eigenvalue weighted by Gasteiger charge is 2.40. The van der Waals surface area contributed by atoms with Crippen LogP contribution in [0.25, 0.3) is 0 Å². The summed E-state index contributed by atoms with van der Waals surface area (Å²) in [5, 5.41) is 33.8. The zero-order valence-electron chi connectivity index (χ0n) is 22.6. The lowest BCUT2D eigenvalue weighted by atomic mass is 9.96. The first-order chi connectivity index (χ1) is 17.8. The minimum Gasteiger partial charge on any atom is -0.481 e. The number of carboxylic acids is 3. The minimum atomic E-state index is -2.74. The third-order valence-corrected chi connectivity index (χ3v) is 7.04. The summed E-state index contributed by atoms with van der Waals surface area (Å²) in [5.41, 5.74) is 1.39. The Morgan fingerprint density at radius 1 is 0.947 bits per heavy atom. The molecule has 1 fully saturated rings. The number of aliphatic carboxylic acids is 3. The van der Waals surface area contributed by atoms with E-state index in [1.165, 1.54) is 36.0 Å². The van der Waals surface area contributed by atoms with Gasteiger partial charge >= 0.3 is 17.9 Å². The standard InChI is InChI=1S/C21H33N3O.C6H8O7/c1-22(2)13-14-24(20-9-11-23(3)12-10-20)21(25)16-17-7-8-18-5-4-6-19(18)15-17;7-3(8)1-6(13,5(11)12)2-4(9)10/h7-8,15,20H,4-6,9-14,16H2,1-3H3;13H,1-2H2,(H,7,8)(H,9,10)(H,11,12). The number of aliphatic hydroxyl groups is 1. The number of rotatable bonds is 11. The van der Waals surface area contributed by atoms with E-state index in [9.17, 15) is 19.2 Å². The quantitative estimate of drug-likeness (QED) is 0.321. The number of hydrogen-bond donors (Lipinski definition) is 4. The number of carbonyl (C=O) groups is 4. The normalized spacial score (nSPS) is 15.9. The van der Waals surface area contributed by atoms with Crippen LogP contribution in [0.4, 0.5) is 0 Å². The van der Waals surface area contributed by atoms with Crippen molar-refractivity contribution >= 4 is 23.8 Å². The van der Waals surface area contributed by atoms with Gasteiger partial charge in [-0.25, -0.2) is 4.79 Å². The number of amides is 1. The molecule has 0 unspecified atom stereocenters. The minimum absolute atomic E-state index is 0.300. The summed E-state index contributed by atoms with van der Waals surface area (Å²) in [7, 11) is 6.34. The summed E-state index contributed by atoms with van der Waals surface area (Å²) in [4.78, 5) is 50.3. The number of benzene rings is 1. The number of carboxylic acid groups (broad SMARTS) is 3. The summed E-state index contributed by atoms with van der Waals surface area (Å²) >= 11 is 0. The van der Waals surface area contributed by atoms with E-state index in [0.717, 1.165) is 39.0 Å². The summed E-state index contributed by atoms with van der Waals surface area (Å²) < 4.78 is 0. The number of fused-ring (bicyclic) bond motifs is 1. The maximum atomic E-state index is 13.1. The molecule has 3 rings (SSSR count). The van der Waals surface area contributed by atoms with Gasteiger partial charge in [-0.3, -0.25) is 14.4 Å². The highest BCUT2D eigenvalue weighted by Crippen LogP contribution is 2.24. The highest BCUT2D eigenvalue weighted by molar-refractivity contribution is 5.88. The van der Waals surface area contributed by atoms with Gasteiger partial charge in [-0.1, -0.05) is 18.2 Å². The first-order valence-electron chi connectivity index (χ1n) is 12.9. The molecule has 0 bridgehead atoms. The average molecular weight is 536 g/mol. The molecule has 1 amide bonds. The van der Waals surface area contributed by atoms with Crippen LogP contribution in [0.1, 0.15) is 48.8 Å². The van der Waals surface area contributed by atoms with Crippen LogP contribution in [-0.4, -0.2) is 118 Å². The van der Waals surface area contributed by atoms with Crippen LogP contribution in [0.5, 0.6) is 0 Å². The van der Waals surface area contributed by atoms with Gasteiger partial charge in [0.1, 0.15) is 0 Å². The van der Waals surface area contributed by atoms with Crippen molar-refractivity contribution in [3.8, 4) is 0 Å². The Morgan fingerprint density at radius 3 is 2.05 bits per heavy atom. The van der Waals surface area contributed by atoms with Crippen molar-refractivity contribution in [3.63, 3.8) is 0 Å². The molecule has 11 nitrogen and oxygen atoms in total. The number of aryl methyl sites for hydroxylation is 2. The van der Waals surface area contributed by atoms with Crippen molar-refractivity contribution in [2.75, 3.05) is 47.3 Å². The van der Waals surface area contributed by atoms with E-state index in [1.807, 2.05) is 0 Å². The van der Waals surface area contributed by atoms with E-state index in [4.69, 9.17) is 20.4 Å². The van der Waals surface area contributed by atoms with Gasteiger partial charge in [0.25, 0.3) is 0 Å². The average Bonchev–Trinajstić information content (AvgIpc) is 3.27. The fraction of sp³-hybridized carbons (Fsp3) is 0.630. The Morgan fingerprint density at radius 2 is 1.53 bits per heavy atom. The fourth-order valence-corrected chi connectivity index (χ4v) is 4.85. The highest BCUT2D eigenvalue weighted by atomic mass is 16.4. The molecule has 1 aromatic carbocycles. The van der Waals surface area contributed by atoms with E-state index in [0.29, 0.717) is 18.4 Å². The zero-order chi connectivity index (χ0) is 28.5. The summed E-state index contributed by atoms with van der Waals surface area (Å²) in [6, 6.07) is 7.09. The number of piperidine rings is 1. The number of carbonyl (C=O) groups excluding carboxylic acids is 1. The van der Waals surface area contributed by atoms with Crippen molar-refractivity contribution in [3.05, 3.63) is 34.9 Å². The van der Waals surface area contributed by atoms with Crippen molar-refractivity contribution in [1.29, 1.82) is 0 Å². The first-order valence-corrected chi connectivity index (χ1v) is 12.9. The Balaban J connectivity index is 0.000000332. The van der Waals surface area contributed by atoms with Crippen LogP contribution in [0.2, 0.25) is 0 Å². The zero-order valence-corrected chi connectivity index (χ0v) is 22.6. The molecular weight excluding hydrogens is 494 g/mol. The van der Waals surface area contributed by atoms with E-state index in [1.54, 1.807) is 0 Å². The SMILES string of the molecule is CN(C)CCN(C(=O)Cc1ccc2c(c1)CCC2)C1CCN(C)CC1.O=C(O)CC(O)(CC(=O)O)C(=O)O. The molecule has 212 valence electrons. The van der Waals surface area contributed by atoms with Crippen LogP contribution in [0, 0.1) is 0 Å². The lowest BCUT2D eigenvalue weighted by Gasteiger charge is -2.38. The number of likely N-dealkylation sites (N-methyl/N-ethyl adjacent to an activating group) is 1. The molecule has 11 heteroatoms. The van der Waals surface area contributed by atoms with Crippen LogP contribution in [0.15, 0.2) is 18.2 Å². The monoisotopic (exact) mass is 535 g/mol. The second-order valence-electron chi connectivity index (χ2n) is 10.5. The van der Waals surface area contributed by atoms with Gasteiger partial charge in [0.15, 0.2) is 5.60 Å². The van der Waals surface area contributed by atoms with Crippen LogP contribution in [-0.2, 0) is 38.4 Å². The van der Waals surface area contributed by atoms with Gasteiger partial charge in [0, 0.05) is 19.1 Å². The van der Waals surface area contributed by atoms with E-state index in [-0.39, 0.29) is 0 Å². The Labute approximate surface area is 223 Å². The van der Waals surface area contributed by atoms with Crippen LogP contribution >= 0.6 is 0 Å². The third kappa shape index (κ3) is 9.70. The molecule has 1 aliphatic carbocycles. The largest absolute Gasteiger partial charge is 0.481 e. The van der Waals surface area contributed by atoms with E-state index in [2.05, 4.69) is 54.0 Å². The maximum Gasteiger partial charge on any atom is 0.336 e. The van der Waals surface area contributed by atoms with Gasteiger partial charge in [0.05, 0.1) is 19.3 Å². The van der Waals surface area contributed by atoms with Gasteiger partial charge in [-0.2, -0.15) is 0 Å².